The highest BCUT2D eigenvalue weighted by atomic mass is 79.9. The van der Waals surface area contributed by atoms with Crippen molar-refractivity contribution in [2.75, 3.05) is 26.2 Å². The third-order valence-electron chi connectivity index (χ3n) is 5.44. The van der Waals surface area contributed by atoms with Crippen molar-refractivity contribution < 1.29 is 4.79 Å². The van der Waals surface area contributed by atoms with E-state index in [-0.39, 0.29) is 12.0 Å². The summed E-state index contributed by atoms with van der Waals surface area (Å²) in [6, 6.07) is 19.5. The van der Waals surface area contributed by atoms with Crippen molar-refractivity contribution in [3.05, 3.63) is 70.2 Å². The van der Waals surface area contributed by atoms with E-state index >= 15 is 0 Å². The second kappa shape index (κ2) is 9.52. The highest BCUT2D eigenvalue weighted by molar-refractivity contribution is 9.10. The molecule has 1 aliphatic heterocycles. The molecule has 2 unspecified atom stereocenters. The monoisotopic (exact) mass is 428 g/mol. The van der Waals surface area contributed by atoms with Crippen LogP contribution in [0.4, 0.5) is 0 Å². The SMILES string of the molecule is CCCC(C)C(=O)N1CCN(C(c2ccccc2)c2ccc(Br)cc2)CC1. The summed E-state index contributed by atoms with van der Waals surface area (Å²) in [4.78, 5) is 17.2. The van der Waals surface area contributed by atoms with E-state index in [9.17, 15) is 4.79 Å². The maximum absolute atomic E-state index is 12.6. The van der Waals surface area contributed by atoms with Gasteiger partial charge in [-0.3, -0.25) is 9.69 Å². The standard InChI is InChI=1S/C23H29BrN2O/c1-3-7-18(2)23(27)26-16-14-25(15-17-26)22(19-8-5-4-6-9-19)20-10-12-21(24)13-11-20/h4-6,8-13,18,22H,3,7,14-17H2,1-2H3. The summed E-state index contributed by atoms with van der Waals surface area (Å²) < 4.78 is 1.10. The predicted molar refractivity (Wildman–Crippen MR) is 115 cm³/mol. The highest BCUT2D eigenvalue weighted by Gasteiger charge is 2.29. The highest BCUT2D eigenvalue weighted by Crippen LogP contribution is 2.30. The molecule has 1 fully saturated rings. The van der Waals surface area contributed by atoms with Crippen LogP contribution in [0.1, 0.15) is 43.9 Å². The number of carbonyl (C=O) groups is 1. The van der Waals surface area contributed by atoms with Gasteiger partial charge in [0.1, 0.15) is 0 Å². The Morgan fingerprint density at radius 3 is 2.15 bits per heavy atom. The maximum atomic E-state index is 12.6. The van der Waals surface area contributed by atoms with Gasteiger partial charge in [-0.2, -0.15) is 0 Å². The molecule has 0 aromatic heterocycles. The molecule has 0 bridgehead atoms. The van der Waals surface area contributed by atoms with Crippen LogP contribution in [0.2, 0.25) is 0 Å². The Labute approximate surface area is 171 Å². The van der Waals surface area contributed by atoms with Crippen LogP contribution in [-0.2, 0) is 4.79 Å². The molecule has 0 saturated carbocycles. The second-order valence-corrected chi connectivity index (χ2v) is 8.33. The third kappa shape index (κ3) is 4.99. The summed E-state index contributed by atoms with van der Waals surface area (Å²) in [6.07, 6.45) is 2.04. The maximum Gasteiger partial charge on any atom is 0.225 e. The van der Waals surface area contributed by atoms with E-state index in [2.05, 4.69) is 94.2 Å². The van der Waals surface area contributed by atoms with Crippen LogP contribution in [0, 0.1) is 5.92 Å². The Morgan fingerprint density at radius 1 is 0.963 bits per heavy atom. The molecule has 1 saturated heterocycles. The van der Waals surface area contributed by atoms with E-state index in [4.69, 9.17) is 0 Å². The van der Waals surface area contributed by atoms with E-state index in [1.165, 1.54) is 11.1 Å². The van der Waals surface area contributed by atoms with Crippen LogP contribution in [0.5, 0.6) is 0 Å². The first-order chi connectivity index (χ1) is 13.1. The number of carbonyl (C=O) groups excluding carboxylic acids is 1. The number of hydrogen-bond acceptors (Lipinski definition) is 2. The zero-order valence-corrected chi connectivity index (χ0v) is 17.9. The molecule has 2 aromatic rings. The molecule has 1 aliphatic rings. The first-order valence-corrected chi connectivity index (χ1v) is 10.7. The van der Waals surface area contributed by atoms with Gasteiger partial charge in [-0.25, -0.2) is 0 Å². The summed E-state index contributed by atoms with van der Waals surface area (Å²) in [5, 5.41) is 0. The number of halogens is 1. The molecule has 2 atom stereocenters. The average Bonchev–Trinajstić information content (AvgIpc) is 2.71. The Hall–Kier alpha value is -1.65. The third-order valence-corrected chi connectivity index (χ3v) is 5.96. The number of amides is 1. The summed E-state index contributed by atoms with van der Waals surface area (Å²) in [6.45, 7) is 7.64. The number of nitrogens with zero attached hydrogens (tertiary/aromatic N) is 2. The lowest BCUT2D eigenvalue weighted by Gasteiger charge is -2.40. The zero-order chi connectivity index (χ0) is 19.2. The number of hydrogen-bond donors (Lipinski definition) is 0. The molecule has 1 heterocycles. The molecule has 4 heteroatoms. The van der Waals surface area contributed by atoms with Crippen molar-refractivity contribution >= 4 is 21.8 Å². The quantitative estimate of drug-likeness (QED) is 0.637. The molecule has 27 heavy (non-hydrogen) atoms. The number of piperazine rings is 1. The zero-order valence-electron chi connectivity index (χ0n) is 16.3. The minimum absolute atomic E-state index is 0.137. The Morgan fingerprint density at radius 2 is 1.56 bits per heavy atom. The second-order valence-electron chi connectivity index (χ2n) is 7.42. The molecule has 1 amide bonds. The van der Waals surface area contributed by atoms with E-state index in [0.29, 0.717) is 5.91 Å². The Bertz CT molecular complexity index is 724. The van der Waals surface area contributed by atoms with Gasteiger partial charge >= 0.3 is 0 Å². The summed E-state index contributed by atoms with van der Waals surface area (Å²) >= 11 is 3.54. The van der Waals surface area contributed by atoms with E-state index in [0.717, 1.165) is 43.5 Å². The van der Waals surface area contributed by atoms with Gasteiger partial charge < -0.3 is 4.90 Å². The topological polar surface area (TPSA) is 23.6 Å². The van der Waals surface area contributed by atoms with Gasteiger partial charge in [0.15, 0.2) is 0 Å². The van der Waals surface area contributed by atoms with Crippen molar-refractivity contribution in [2.45, 2.75) is 32.7 Å². The van der Waals surface area contributed by atoms with Gasteiger partial charge in [-0.05, 0) is 29.7 Å². The van der Waals surface area contributed by atoms with Crippen molar-refractivity contribution in [1.29, 1.82) is 0 Å². The fraction of sp³-hybridized carbons (Fsp3) is 0.435. The molecular formula is C23H29BrN2O. The van der Waals surface area contributed by atoms with E-state index < -0.39 is 0 Å². The molecule has 0 aliphatic carbocycles. The molecule has 0 radical (unpaired) electrons. The van der Waals surface area contributed by atoms with Gasteiger partial charge in [0.2, 0.25) is 5.91 Å². The van der Waals surface area contributed by atoms with Gasteiger partial charge in [-0.15, -0.1) is 0 Å². The summed E-state index contributed by atoms with van der Waals surface area (Å²) in [5.41, 5.74) is 2.60. The smallest absolute Gasteiger partial charge is 0.225 e. The van der Waals surface area contributed by atoms with E-state index in [1.807, 2.05) is 0 Å². The van der Waals surface area contributed by atoms with Crippen LogP contribution in [0.25, 0.3) is 0 Å². The first kappa shape index (κ1) is 20.1. The summed E-state index contributed by atoms with van der Waals surface area (Å²) in [5.74, 6) is 0.453. The van der Waals surface area contributed by atoms with Crippen LogP contribution >= 0.6 is 15.9 Å². The number of benzene rings is 2. The van der Waals surface area contributed by atoms with Gasteiger partial charge in [0.25, 0.3) is 0 Å². The van der Waals surface area contributed by atoms with Gasteiger partial charge in [0.05, 0.1) is 6.04 Å². The lowest BCUT2D eigenvalue weighted by atomic mass is 9.96. The van der Waals surface area contributed by atoms with Gasteiger partial charge in [-0.1, -0.05) is 78.7 Å². The molecule has 0 spiro atoms. The lowest BCUT2D eigenvalue weighted by molar-refractivity contribution is -0.137. The number of rotatable bonds is 6. The minimum atomic E-state index is 0.137. The largest absolute Gasteiger partial charge is 0.340 e. The van der Waals surface area contributed by atoms with Gasteiger partial charge in [0, 0.05) is 36.6 Å². The summed E-state index contributed by atoms with van der Waals surface area (Å²) in [7, 11) is 0. The predicted octanol–water partition coefficient (Wildman–Crippen LogP) is 5.12. The Balaban J connectivity index is 1.75. The van der Waals surface area contributed by atoms with Crippen molar-refractivity contribution in [1.82, 2.24) is 9.80 Å². The minimum Gasteiger partial charge on any atom is -0.340 e. The normalized spacial score (nSPS) is 17.5. The van der Waals surface area contributed by atoms with Crippen molar-refractivity contribution in [2.24, 2.45) is 5.92 Å². The fourth-order valence-corrected chi connectivity index (χ4v) is 4.23. The van der Waals surface area contributed by atoms with Crippen molar-refractivity contribution in [3.63, 3.8) is 0 Å². The molecule has 2 aromatic carbocycles. The average molecular weight is 429 g/mol. The van der Waals surface area contributed by atoms with Crippen LogP contribution in [0.3, 0.4) is 0 Å². The van der Waals surface area contributed by atoms with Crippen LogP contribution < -0.4 is 0 Å². The van der Waals surface area contributed by atoms with E-state index in [1.54, 1.807) is 0 Å². The Kier molecular flexibility index (Phi) is 7.08. The first-order valence-electron chi connectivity index (χ1n) is 9.93. The molecule has 0 N–H and O–H groups in total. The van der Waals surface area contributed by atoms with Crippen LogP contribution in [-0.4, -0.2) is 41.9 Å². The molecule has 3 nitrogen and oxygen atoms in total. The lowest BCUT2D eigenvalue weighted by Crippen LogP contribution is -2.51. The van der Waals surface area contributed by atoms with Crippen molar-refractivity contribution in [3.8, 4) is 0 Å². The van der Waals surface area contributed by atoms with Crippen LogP contribution in [0.15, 0.2) is 59.1 Å². The molecular weight excluding hydrogens is 400 g/mol. The molecule has 3 rings (SSSR count). The fourth-order valence-electron chi connectivity index (χ4n) is 3.96. The molecule has 144 valence electrons.